The molecule has 0 amide bonds. The Morgan fingerprint density at radius 2 is 2.00 bits per heavy atom. The highest BCUT2D eigenvalue weighted by atomic mass is 35.5. The van der Waals surface area contributed by atoms with Crippen LogP contribution in [0.5, 0.6) is 0 Å². The maximum Gasteiger partial charge on any atom is 0.424 e. The van der Waals surface area contributed by atoms with E-state index in [1.165, 1.54) is 4.90 Å². The molecule has 1 aromatic carbocycles. The highest BCUT2D eigenvalue weighted by Gasteiger charge is 2.45. The normalized spacial score (nSPS) is 15.6. The molecule has 0 bridgehead atoms. The number of esters is 1. The summed E-state index contributed by atoms with van der Waals surface area (Å²) >= 11 is 6.33. The van der Waals surface area contributed by atoms with Gasteiger partial charge in [-0.15, -0.1) is 0 Å². The standard InChI is InChI=1S/C13H11ClF3NO2S/c1-2-20-12(19)10-11(13(15,16)17)21-7-18(10)9-5-3-8(14)4-6-9/h3-6H,2,7H2,1H3. The highest BCUT2D eigenvalue weighted by molar-refractivity contribution is 8.03. The minimum Gasteiger partial charge on any atom is -0.461 e. The van der Waals surface area contributed by atoms with E-state index in [1.807, 2.05) is 0 Å². The van der Waals surface area contributed by atoms with E-state index >= 15 is 0 Å². The van der Waals surface area contributed by atoms with Crippen molar-refractivity contribution in [1.82, 2.24) is 0 Å². The van der Waals surface area contributed by atoms with Gasteiger partial charge in [-0.2, -0.15) is 13.2 Å². The van der Waals surface area contributed by atoms with E-state index in [0.29, 0.717) is 22.5 Å². The number of alkyl halides is 3. The quantitative estimate of drug-likeness (QED) is 0.774. The van der Waals surface area contributed by atoms with Gasteiger partial charge < -0.3 is 9.64 Å². The fourth-order valence-corrected chi connectivity index (χ4v) is 2.98. The van der Waals surface area contributed by atoms with Crippen molar-refractivity contribution in [2.75, 3.05) is 17.4 Å². The Balaban J connectivity index is 2.44. The maximum absolute atomic E-state index is 13.0. The first-order chi connectivity index (χ1) is 9.84. The number of carbonyl (C=O) groups is 1. The van der Waals surface area contributed by atoms with Crippen LogP contribution in [0.15, 0.2) is 34.9 Å². The Kier molecular flexibility index (Phi) is 4.73. The first-order valence-electron chi connectivity index (χ1n) is 5.99. The number of carbonyl (C=O) groups excluding carboxylic acids is 1. The summed E-state index contributed by atoms with van der Waals surface area (Å²) in [6, 6.07) is 6.22. The summed E-state index contributed by atoms with van der Waals surface area (Å²) in [5.41, 5.74) is -0.0223. The van der Waals surface area contributed by atoms with E-state index in [4.69, 9.17) is 16.3 Å². The molecule has 0 aromatic heterocycles. The zero-order chi connectivity index (χ0) is 15.6. The number of allylic oxidation sites excluding steroid dienone is 1. The van der Waals surface area contributed by atoms with E-state index in [0.717, 1.165) is 0 Å². The Labute approximate surface area is 128 Å². The van der Waals surface area contributed by atoms with Crippen molar-refractivity contribution >= 4 is 35.0 Å². The lowest BCUT2D eigenvalue weighted by molar-refractivity contribution is -0.139. The summed E-state index contributed by atoms with van der Waals surface area (Å²) in [5, 5.41) is 0.461. The molecule has 0 saturated heterocycles. The zero-order valence-electron chi connectivity index (χ0n) is 10.9. The molecule has 0 spiro atoms. The van der Waals surface area contributed by atoms with Crippen molar-refractivity contribution in [3.63, 3.8) is 0 Å². The second-order valence-corrected chi connectivity index (χ2v) is 5.47. The molecule has 1 aromatic rings. The van der Waals surface area contributed by atoms with Gasteiger partial charge in [0, 0.05) is 10.7 Å². The number of thioether (sulfide) groups is 1. The van der Waals surface area contributed by atoms with Crippen molar-refractivity contribution < 1.29 is 22.7 Å². The van der Waals surface area contributed by atoms with E-state index < -0.39 is 22.7 Å². The molecule has 3 nitrogen and oxygen atoms in total. The number of benzene rings is 1. The number of hydrogen-bond donors (Lipinski definition) is 0. The van der Waals surface area contributed by atoms with Crippen LogP contribution in [0.4, 0.5) is 18.9 Å². The molecular weight excluding hydrogens is 327 g/mol. The fraction of sp³-hybridized carbons (Fsp3) is 0.308. The van der Waals surface area contributed by atoms with Crippen LogP contribution in [0.1, 0.15) is 6.92 Å². The van der Waals surface area contributed by atoms with Crippen LogP contribution in [0, 0.1) is 0 Å². The van der Waals surface area contributed by atoms with Crippen molar-refractivity contribution in [1.29, 1.82) is 0 Å². The molecule has 0 aliphatic carbocycles. The Morgan fingerprint density at radius 1 is 1.38 bits per heavy atom. The van der Waals surface area contributed by atoms with Gasteiger partial charge in [-0.25, -0.2) is 4.79 Å². The lowest BCUT2D eigenvalue weighted by Gasteiger charge is -2.20. The summed E-state index contributed by atoms with van der Waals surface area (Å²) in [4.78, 5) is 12.2. The SMILES string of the molecule is CCOC(=O)C1=C(C(F)(F)F)SCN1c1ccc(Cl)cc1. The van der Waals surface area contributed by atoms with Gasteiger partial charge in [0.15, 0.2) is 0 Å². The average molecular weight is 338 g/mol. The van der Waals surface area contributed by atoms with Crippen LogP contribution in [0.3, 0.4) is 0 Å². The van der Waals surface area contributed by atoms with Gasteiger partial charge in [0.2, 0.25) is 0 Å². The smallest absolute Gasteiger partial charge is 0.424 e. The van der Waals surface area contributed by atoms with Gasteiger partial charge in [0.05, 0.1) is 12.5 Å². The first-order valence-corrected chi connectivity index (χ1v) is 7.35. The summed E-state index contributed by atoms with van der Waals surface area (Å²) in [6.45, 7) is 1.55. The predicted octanol–water partition coefficient (Wildman–Crippen LogP) is 4.19. The van der Waals surface area contributed by atoms with Crippen LogP contribution in [0.25, 0.3) is 0 Å². The molecule has 1 aliphatic rings. The second-order valence-electron chi connectivity index (χ2n) is 4.07. The molecular formula is C13H11ClF3NO2S. The topological polar surface area (TPSA) is 29.5 Å². The molecule has 0 saturated carbocycles. The molecule has 0 unspecified atom stereocenters. The minimum atomic E-state index is -4.59. The van der Waals surface area contributed by atoms with Gasteiger partial charge in [0.1, 0.15) is 10.6 Å². The van der Waals surface area contributed by atoms with E-state index in [9.17, 15) is 18.0 Å². The summed E-state index contributed by atoms with van der Waals surface area (Å²) in [7, 11) is 0. The van der Waals surface area contributed by atoms with Gasteiger partial charge in [0.25, 0.3) is 0 Å². The van der Waals surface area contributed by atoms with Crippen molar-refractivity contribution in [2.45, 2.75) is 13.1 Å². The van der Waals surface area contributed by atoms with Gasteiger partial charge in [-0.1, -0.05) is 23.4 Å². The van der Waals surface area contributed by atoms with Gasteiger partial charge in [-0.05, 0) is 31.2 Å². The predicted molar refractivity (Wildman–Crippen MR) is 76.1 cm³/mol. The van der Waals surface area contributed by atoms with Crippen LogP contribution in [0.2, 0.25) is 5.02 Å². The lowest BCUT2D eigenvalue weighted by Crippen LogP contribution is -2.27. The van der Waals surface area contributed by atoms with Crippen LogP contribution >= 0.6 is 23.4 Å². The second kappa shape index (κ2) is 6.19. The van der Waals surface area contributed by atoms with Crippen molar-refractivity contribution in [2.24, 2.45) is 0 Å². The highest BCUT2D eigenvalue weighted by Crippen LogP contribution is 2.45. The summed E-state index contributed by atoms with van der Waals surface area (Å²) in [5.74, 6) is -0.991. The van der Waals surface area contributed by atoms with Crippen molar-refractivity contribution in [3.8, 4) is 0 Å². The molecule has 1 heterocycles. The van der Waals surface area contributed by atoms with E-state index in [2.05, 4.69) is 0 Å². The number of hydrogen-bond acceptors (Lipinski definition) is 4. The molecule has 114 valence electrons. The summed E-state index contributed by atoms with van der Waals surface area (Å²) < 4.78 is 43.8. The number of halogens is 4. The zero-order valence-corrected chi connectivity index (χ0v) is 12.5. The lowest BCUT2D eigenvalue weighted by atomic mass is 10.2. The van der Waals surface area contributed by atoms with Crippen LogP contribution in [-0.2, 0) is 9.53 Å². The molecule has 8 heteroatoms. The Bertz CT molecular complexity index is 572. The number of nitrogens with zero attached hydrogens (tertiary/aromatic N) is 1. The van der Waals surface area contributed by atoms with E-state index in [-0.39, 0.29) is 12.5 Å². The van der Waals surface area contributed by atoms with Gasteiger partial charge in [-0.3, -0.25) is 0 Å². The summed E-state index contributed by atoms with van der Waals surface area (Å²) in [6.07, 6.45) is -4.59. The Morgan fingerprint density at radius 3 is 2.52 bits per heavy atom. The molecule has 21 heavy (non-hydrogen) atoms. The first kappa shape index (κ1) is 16.0. The number of ether oxygens (including phenoxy) is 1. The molecule has 0 fully saturated rings. The fourth-order valence-electron chi connectivity index (χ4n) is 1.83. The molecule has 1 aliphatic heterocycles. The van der Waals surface area contributed by atoms with Gasteiger partial charge >= 0.3 is 12.1 Å². The van der Waals surface area contributed by atoms with Crippen molar-refractivity contribution in [3.05, 3.63) is 39.9 Å². The minimum absolute atomic E-state index is 0.00654. The third kappa shape index (κ3) is 3.47. The maximum atomic E-state index is 13.0. The number of anilines is 1. The van der Waals surface area contributed by atoms with E-state index in [1.54, 1.807) is 31.2 Å². The molecule has 0 N–H and O–H groups in total. The molecule has 0 radical (unpaired) electrons. The molecule has 0 atom stereocenters. The average Bonchev–Trinajstić information content (AvgIpc) is 2.84. The van der Waals surface area contributed by atoms with Crippen LogP contribution in [-0.4, -0.2) is 24.6 Å². The monoisotopic (exact) mass is 337 g/mol. The third-order valence-electron chi connectivity index (χ3n) is 2.69. The molecule has 2 rings (SSSR count). The largest absolute Gasteiger partial charge is 0.461 e. The Hall–Kier alpha value is -1.34. The third-order valence-corrected chi connectivity index (χ3v) is 4.04. The number of rotatable bonds is 3. The van der Waals surface area contributed by atoms with Crippen LogP contribution < -0.4 is 4.90 Å².